The molecule has 0 aliphatic carbocycles. The largest absolute Gasteiger partial charge is 0.284 e. The molecule has 1 heterocycles. The van der Waals surface area contributed by atoms with Gasteiger partial charge in [-0.15, -0.1) is 0 Å². The number of hydrogen-bond acceptors (Lipinski definition) is 1. The lowest BCUT2D eigenvalue weighted by Gasteiger charge is -1.93. The number of hydrogen-bond donors (Lipinski definition) is 1. The summed E-state index contributed by atoms with van der Waals surface area (Å²) >= 11 is 3.30. The van der Waals surface area contributed by atoms with Crippen molar-refractivity contribution < 1.29 is 9.94 Å². The Morgan fingerprint density at radius 1 is 1.25 bits per heavy atom. The molecule has 1 aromatic carbocycles. The van der Waals surface area contributed by atoms with Crippen LogP contribution in [0.3, 0.4) is 0 Å². The maximum Gasteiger partial charge on any atom is 0.264 e. The van der Waals surface area contributed by atoms with Crippen molar-refractivity contribution in [1.82, 2.24) is 0 Å². The van der Waals surface area contributed by atoms with Crippen molar-refractivity contribution in [2.45, 2.75) is 0 Å². The summed E-state index contributed by atoms with van der Waals surface area (Å²) in [6.07, 6.45) is 1.61. The van der Waals surface area contributed by atoms with Crippen molar-refractivity contribution in [3.05, 3.63) is 41.0 Å². The monoisotopic (exact) mass is 224 g/mol. The third-order valence-electron chi connectivity index (χ3n) is 1.72. The van der Waals surface area contributed by atoms with Crippen LogP contribution < -0.4 is 4.73 Å². The minimum absolute atomic E-state index is 0.806. The van der Waals surface area contributed by atoms with E-state index in [1.807, 2.05) is 30.3 Å². The normalized spacial score (nSPS) is 10.4. The third kappa shape index (κ3) is 1.16. The van der Waals surface area contributed by atoms with Crippen molar-refractivity contribution in [2.24, 2.45) is 0 Å². The molecular formula is C9H7BrNO+. The minimum atomic E-state index is 0.806. The van der Waals surface area contributed by atoms with Gasteiger partial charge in [0, 0.05) is 10.8 Å². The summed E-state index contributed by atoms with van der Waals surface area (Å²) in [5, 5.41) is 10.4. The summed E-state index contributed by atoms with van der Waals surface area (Å²) in [6, 6.07) is 9.61. The third-order valence-corrected chi connectivity index (χ3v) is 2.16. The van der Waals surface area contributed by atoms with Gasteiger partial charge in [0.1, 0.15) is 0 Å². The smallest absolute Gasteiger partial charge is 0.264 e. The van der Waals surface area contributed by atoms with Gasteiger partial charge in [-0.25, -0.2) is 0 Å². The lowest BCUT2D eigenvalue weighted by atomic mass is 10.2. The van der Waals surface area contributed by atoms with E-state index in [1.54, 1.807) is 6.20 Å². The summed E-state index contributed by atoms with van der Waals surface area (Å²) in [6.45, 7) is 0. The molecule has 2 rings (SSSR count). The number of pyridine rings is 1. The number of para-hydroxylation sites is 1. The number of rotatable bonds is 0. The Morgan fingerprint density at radius 3 is 2.83 bits per heavy atom. The van der Waals surface area contributed by atoms with Gasteiger partial charge < -0.3 is 0 Å². The molecule has 0 saturated carbocycles. The zero-order chi connectivity index (χ0) is 8.55. The molecule has 0 spiro atoms. The zero-order valence-electron chi connectivity index (χ0n) is 6.24. The highest BCUT2D eigenvalue weighted by Crippen LogP contribution is 2.14. The van der Waals surface area contributed by atoms with Crippen molar-refractivity contribution in [1.29, 1.82) is 0 Å². The van der Waals surface area contributed by atoms with Crippen molar-refractivity contribution in [3.63, 3.8) is 0 Å². The molecule has 12 heavy (non-hydrogen) atoms. The Hall–Kier alpha value is -1.09. The van der Waals surface area contributed by atoms with Crippen LogP contribution in [0.2, 0.25) is 0 Å². The average Bonchev–Trinajstić information content (AvgIpc) is 2.04. The zero-order valence-corrected chi connectivity index (χ0v) is 7.82. The van der Waals surface area contributed by atoms with Crippen molar-refractivity contribution in [2.75, 3.05) is 0 Å². The topological polar surface area (TPSA) is 24.1 Å². The first-order chi connectivity index (χ1) is 5.77. The molecule has 0 atom stereocenters. The van der Waals surface area contributed by atoms with Crippen LogP contribution in [0.1, 0.15) is 0 Å². The van der Waals surface area contributed by atoms with Gasteiger partial charge in [-0.1, -0.05) is 12.1 Å². The van der Waals surface area contributed by atoms with E-state index in [9.17, 15) is 5.21 Å². The molecule has 3 heteroatoms. The van der Waals surface area contributed by atoms with Gasteiger partial charge in [-0.2, -0.15) is 0 Å². The van der Waals surface area contributed by atoms with Crippen LogP contribution in [0.15, 0.2) is 41.0 Å². The summed E-state index contributed by atoms with van der Waals surface area (Å²) in [5.74, 6) is 0. The first-order valence-corrected chi connectivity index (χ1v) is 4.36. The molecule has 0 aliphatic heterocycles. The summed E-state index contributed by atoms with van der Waals surface area (Å²) in [4.78, 5) is 0. The summed E-state index contributed by atoms with van der Waals surface area (Å²) < 4.78 is 1.98. The fourth-order valence-corrected chi connectivity index (χ4v) is 1.63. The second-order valence-electron chi connectivity index (χ2n) is 2.56. The molecule has 0 radical (unpaired) electrons. The Balaban J connectivity index is 2.89. The SMILES string of the molecule is O[n+]1cc(Br)cc2ccccc21. The van der Waals surface area contributed by atoms with E-state index in [1.165, 1.54) is 0 Å². The van der Waals surface area contributed by atoms with Crippen LogP contribution in [-0.4, -0.2) is 5.21 Å². The molecule has 60 valence electrons. The highest BCUT2D eigenvalue weighted by Gasteiger charge is 2.07. The standard InChI is InChI=1S/C9H7BrNO/c10-8-5-7-3-1-2-4-9(7)11(12)6-8/h1-6,12H/q+1. The first kappa shape index (κ1) is 7.55. The molecule has 0 saturated heterocycles. The highest BCUT2D eigenvalue weighted by molar-refractivity contribution is 9.10. The maximum absolute atomic E-state index is 9.44. The molecule has 0 amide bonds. The molecule has 1 N–H and O–H groups in total. The van der Waals surface area contributed by atoms with E-state index in [4.69, 9.17) is 0 Å². The highest BCUT2D eigenvalue weighted by atomic mass is 79.9. The van der Waals surface area contributed by atoms with E-state index in [0.717, 1.165) is 20.1 Å². The van der Waals surface area contributed by atoms with E-state index >= 15 is 0 Å². The van der Waals surface area contributed by atoms with Gasteiger partial charge in [0.15, 0.2) is 0 Å². The van der Waals surface area contributed by atoms with Gasteiger partial charge in [-0.3, -0.25) is 5.21 Å². The fourth-order valence-electron chi connectivity index (χ4n) is 1.19. The number of aromatic nitrogens is 1. The molecule has 2 aromatic rings. The molecule has 0 unspecified atom stereocenters. The van der Waals surface area contributed by atoms with E-state index in [2.05, 4.69) is 15.9 Å². The summed E-state index contributed by atoms with van der Waals surface area (Å²) in [7, 11) is 0. The van der Waals surface area contributed by atoms with Crippen LogP contribution in [0.5, 0.6) is 0 Å². The fraction of sp³-hybridized carbons (Fsp3) is 0. The molecule has 0 fully saturated rings. The van der Waals surface area contributed by atoms with Crippen LogP contribution in [0, 0.1) is 0 Å². The number of fused-ring (bicyclic) bond motifs is 1. The van der Waals surface area contributed by atoms with Gasteiger partial charge in [-0.05, 0) is 28.1 Å². The predicted molar refractivity (Wildman–Crippen MR) is 49.0 cm³/mol. The molecule has 0 aliphatic rings. The Bertz CT molecular complexity index is 428. The molecular weight excluding hydrogens is 218 g/mol. The lowest BCUT2D eigenvalue weighted by Crippen LogP contribution is -2.30. The van der Waals surface area contributed by atoms with E-state index in [-0.39, 0.29) is 0 Å². The van der Waals surface area contributed by atoms with Crippen LogP contribution in [0.4, 0.5) is 0 Å². The van der Waals surface area contributed by atoms with E-state index in [0.29, 0.717) is 0 Å². The van der Waals surface area contributed by atoms with Crippen LogP contribution in [-0.2, 0) is 0 Å². The van der Waals surface area contributed by atoms with Gasteiger partial charge in [0.05, 0.1) is 9.86 Å². The van der Waals surface area contributed by atoms with E-state index < -0.39 is 0 Å². The average molecular weight is 225 g/mol. The number of nitrogens with zero attached hydrogens (tertiary/aromatic N) is 1. The number of halogens is 1. The lowest BCUT2D eigenvalue weighted by molar-refractivity contribution is -0.885. The number of benzene rings is 1. The van der Waals surface area contributed by atoms with Gasteiger partial charge in [0.25, 0.3) is 5.52 Å². The van der Waals surface area contributed by atoms with Gasteiger partial charge >= 0.3 is 0 Å². The first-order valence-electron chi connectivity index (χ1n) is 3.56. The summed E-state index contributed by atoms with van der Waals surface area (Å²) in [5.41, 5.74) is 0.806. The van der Waals surface area contributed by atoms with Crippen molar-refractivity contribution >= 4 is 26.8 Å². The Kier molecular flexibility index (Phi) is 1.73. The van der Waals surface area contributed by atoms with Crippen LogP contribution in [0.25, 0.3) is 10.9 Å². The Labute approximate surface area is 78.2 Å². The molecule has 1 aromatic heterocycles. The molecule has 0 bridgehead atoms. The molecule has 2 nitrogen and oxygen atoms in total. The maximum atomic E-state index is 9.44. The minimum Gasteiger partial charge on any atom is -0.284 e. The predicted octanol–water partition coefficient (Wildman–Crippen LogP) is 2.13. The quantitative estimate of drug-likeness (QED) is 0.539. The van der Waals surface area contributed by atoms with Crippen molar-refractivity contribution in [3.8, 4) is 0 Å². The second kappa shape index (κ2) is 2.75. The Morgan fingerprint density at radius 2 is 2.00 bits per heavy atom. The van der Waals surface area contributed by atoms with Crippen LogP contribution >= 0.6 is 15.9 Å². The van der Waals surface area contributed by atoms with Gasteiger partial charge in [0.2, 0.25) is 6.20 Å². The second-order valence-corrected chi connectivity index (χ2v) is 3.48.